The van der Waals surface area contributed by atoms with Gasteiger partial charge in [0.1, 0.15) is 0 Å². The van der Waals surface area contributed by atoms with Crippen molar-refractivity contribution in [2.45, 2.75) is 6.42 Å². The second kappa shape index (κ2) is 3.08. The quantitative estimate of drug-likeness (QED) is 0.700. The zero-order valence-electron chi connectivity index (χ0n) is 7.10. The Labute approximate surface area is 75.4 Å². The number of aromatic nitrogens is 2. The lowest BCUT2D eigenvalue weighted by Gasteiger charge is -2.36. The number of aromatic amines is 1. The predicted octanol–water partition coefficient (Wildman–Crippen LogP) is 0.562. The summed E-state index contributed by atoms with van der Waals surface area (Å²) in [6.45, 7) is 1.29. The van der Waals surface area contributed by atoms with E-state index in [-0.39, 0.29) is 0 Å². The minimum absolute atomic E-state index is 0.455. The summed E-state index contributed by atoms with van der Waals surface area (Å²) in [5.74, 6) is 0.455. The van der Waals surface area contributed by atoms with Crippen LogP contribution < -0.4 is 0 Å². The van der Waals surface area contributed by atoms with Crippen molar-refractivity contribution in [2.75, 3.05) is 13.1 Å². The number of nitrogens with one attached hydrogen (secondary N) is 1. The minimum atomic E-state index is -0.819. The summed E-state index contributed by atoms with van der Waals surface area (Å²) >= 11 is 0. The molecule has 0 spiro atoms. The molecule has 1 amide bonds. The molecule has 2 rings (SSSR count). The van der Waals surface area contributed by atoms with E-state index in [0.29, 0.717) is 19.0 Å². The second-order valence-electron chi connectivity index (χ2n) is 3.34. The number of rotatable bonds is 2. The van der Waals surface area contributed by atoms with Gasteiger partial charge in [0.2, 0.25) is 0 Å². The fourth-order valence-electron chi connectivity index (χ4n) is 1.56. The highest BCUT2D eigenvalue weighted by molar-refractivity contribution is 5.66. The lowest BCUT2D eigenvalue weighted by molar-refractivity contribution is 0.0815. The molecule has 1 aliphatic rings. The maximum Gasteiger partial charge on any atom is 0.407 e. The fraction of sp³-hybridized carbons (Fsp3) is 0.500. The number of H-pyrrole nitrogens is 1. The molecule has 0 bridgehead atoms. The summed E-state index contributed by atoms with van der Waals surface area (Å²) in [6.07, 6.45) is 1.79. The molecule has 0 saturated carbocycles. The van der Waals surface area contributed by atoms with Crippen molar-refractivity contribution >= 4 is 6.09 Å². The van der Waals surface area contributed by atoms with Crippen molar-refractivity contribution in [3.05, 3.63) is 18.0 Å². The van der Waals surface area contributed by atoms with Crippen LogP contribution in [-0.2, 0) is 6.42 Å². The Kier molecular flexibility index (Phi) is 1.92. The van der Waals surface area contributed by atoms with E-state index in [0.717, 1.165) is 12.1 Å². The van der Waals surface area contributed by atoms with Crippen molar-refractivity contribution in [1.82, 2.24) is 15.1 Å². The minimum Gasteiger partial charge on any atom is -0.465 e. The largest absolute Gasteiger partial charge is 0.465 e. The van der Waals surface area contributed by atoms with E-state index in [9.17, 15) is 4.79 Å². The summed E-state index contributed by atoms with van der Waals surface area (Å²) in [6, 6.07) is 1.92. The molecule has 0 atom stereocenters. The van der Waals surface area contributed by atoms with Crippen LogP contribution in [-0.4, -0.2) is 39.4 Å². The van der Waals surface area contributed by atoms with Gasteiger partial charge < -0.3 is 10.0 Å². The number of carboxylic acid groups (broad SMARTS) is 1. The third kappa shape index (κ3) is 1.63. The Bertz CT molecular complexity index is 290. The Morgan fingerprint density at radius 2 is 2.54 bits per heavy atom. The molecular formula is C8H11N3O2. The van der Waals surface area contributed by atoms with E-state index in [1.807, 2.05) is 6.07 Å². The van der Waals surface area contributed by atoms with Crippen molar-refractivity contribution in [2.24, 2.45) is 5.92 Å². The molecule has 1 aliphatic heterocycles. The lowest BCUT2D eigenvalue weighted by atomic mass is 9.95. The molecule has 13 heavy (non-hydrogen) atoms. The van der Waals surface area contributed by atoms with Gasteiger partial charge in [-0.15, -0.1) is 0 Å². The third-order valence-corrected chi connectivity index (χ3v) is 2.29. The van der Waals surface area contributed by atoms with Crippen molar-refractivity contribution in [1.29, 1.82) is 0 Å². The average Bonchev–Trinajstić information content (AvgIpc) is 2.46. The zero-order chi connectivity index (χ0) is 9.26. The van der Waals surface area contributed by atoms with E-state index in [1.54, 1.807) is 6.20 Å². The highest BCUT2D eigenvalue weighted by atomic mass is 16.4. The number of nitrogens with zero attached hydrogens (tertiary/aromatic N) is 2. The molecule has 5 heteroatoms. The van der Waals surface area contributed by atoms with Crippen LogP contribution in [0.1, 0.15) is 5.69 Å². The lowest BCUT2D eigenvalue weighted by Crippen LogP contribution is -2.50. The molecular weight excluding hydrogens is 170 g/mol. The van der Waals surface area contributed by atoms with Crippen LogP contribution in [0.4, 0.5) is 4.79 Å². The Morgan fingerprint density at radius 3 is 3.08 bits per heavy atom. The fourth-order valence-corrected chi connectivity index (χ4v) is 1.56. The van der Waals surface area contributed by atoms with Gasteiger partial charge in [-0.25, -0.2) is 4.79 Å². The summed E-state index contributed by atoms with van der Waals surface area (Å²) in [5.41, 5.74) is 1.08. The van der Waals surface area contributed by atoms with Crippen LogP contribution in [0.5, 0.6) is 0 Å². The Morgan fingerprint density at radius 1 is 1.77 bits per heavy atom. The van der Waals surface area contributed by atoms with E-state index in [4.69, 9.17) is 5.11 Å². The van der Waals surface area contributed by atoms with Crippen molar-refractivity contribution in [3.8, 4) is 0 Å². The summed E-state index contributed by atoms with van der Waals surface area (Å²) < 4.78 is 0. The van der Waals surface area contributed by atoms with Crippen LogP contribution in [0.25, 0.3) is 0 Å². The maximum absolute atomic E-state index is 10.4. The van der Waals surface area contributed by atoms with Gasteiger partial charge in [0.15, 0.2) is 0 Å². The summed E-state index contributed by atoms with van der Waals surface area (Å²) in [4.78, 5) is 11.9. The first-order valence-electron chi connectivity index (χ1n) is 4.22. The summed E-state index contributed by atoms with van der Waals surface area (Å²) in [5, 5.41) is 15.3. The smallest absolute Gasteiger partial charge is 0.407 e. The molecule has 0 radical (unpaired) electrons. The Balaban J connectivity index is 1.79. The molecule has 5 nitrogen and oxygen atoms in total. The first kappa shape index (κ1) is 8.10. The van der Waals surface area contributed by atoms with Crippen molar-refractivity contribution in [3.63, 3.8) is 0 Å². The highest BCUT2D eigenvalue weighted by Gasteiger charge is 2.30. The number of hydrogen-bond acceptors (Lipinski definition) is 2. The number of likely N-dealkylation sites (tertiary alicyclic amines) is 1. The molecule has 0 unspecified atom stereocenters. The van der Waals surface area contributed by atoms with Crippen LogP contribution in [0.2, 0.25) is 0 Å². The number of carbonyl (C=O) groups is 1. The van der Waals surface area contributed by atoms with Gasteiger partial charge in [0, 0.05) is 25.0 Å². The second-order valence-corrected chi connectivity index (χ2v) is 3.34. The van der Waals surface area contributed by atoms with Gasteiger partial charge in [0.25, 0.3) is 0 Å². The number of hydrogen-bond donors (Lipinski definition) is 2. The van der Waals surface area contributed by atoms with E-state index in [2.05, 4.69) is 10.2 Å². The summed E-state index contributed by atoms with van der Waals surface area (Å²) in [7, 11) is 0. The van der Waals surface area contributed by atoms with Gasteiger partial charge in [-0.2, -0.15) is 5.10 Å². The maximum atomic E-state index is 10.4. The average molecular weight is 181 g/mol. The molecule has 1 aromatic rings. The molecule has 1 aromatic heterocycles. The van der Waals surface area contributed by atoms with E-state index >= 15 is 0 Å². The highest BCUT2D eigenvalue weighted by Crippen LogP contribution is 2.18. The van der Waals surface area contributed by atoms with Gasteiger partial charge in [0.05, 0.1) is 0 Å². The van der Waals surface area contributed by atoms with Gasteiger partial charge in [-0.3, -0.25) is 5.10 Å². The van der Waals surface area contributed by atoms with Crippen LogP contribution in [0.3, 0.4) is 0 Å². The van der Waals surface area contributed by atoms with Gasteiger partial charge in [-0.05, 0) is 18.4 Å². The van der Waals surface area contributed by atoms with E-state index in [1.165, 1.54) is 4.90 Å². The van der Waals surface area contributed by atoms with Crippen LogP contribution >= 0.6 is 0 Å². The molecule has 2 heterocycles. The van der Waals surface area contributed by atoms with Crippen molar-refractivity contribution < 1.29 is 9.90 Å². The third-order valence-electron chi connectivity index (χ3n) is 2.29. The molecule has 70 valence electrons. The van der Waals surface area contributed by atoms with Gasteiger partial charge >= 0.3 is 6.09 Å². The normalized spacial score (nSPS) is 17.1. The monoisotopic (exact) mass is 181 g/mol. The van der Waals surface area contributed by atoms with Crippen LogP contribution in [0.15, 0.2) is 12.3 Å². The molecule has 1 saturated heterocycles. The molecule has 0 aliphatic carbocycles. The molecule has 1 fully saturated rings. The van der Waals surface area contributed by atoms with Crippen LogP contribution in [0, 0.1) is 5.92 Å². The topological polar surface area (TPSA) is 69.2 Å². The standard InChI is InChI=1S/C8H11N3O2/c12-8(13)11-4-6(5-11)3-7-1-2-9-10-7/h1-2,6H,3-5H2,(H,9,10)(H,12,13). The first-order chi connectivity index (χ1) is 6.25. The number of amides is 1. The van der Waals surface area contributed by atoms with Gasteiger partial charge in [-0.1, -0.05) is 0 Å². The van der Waals surface area contributed by atoms with E-state index < -0.39 is 6.09 Å². The molecule has 0 aromatic carbocycles. The Hall–Kier alpha value is -1.52. The zero-order valence-corrected chi connectivity index (χ0v) is 7.10. The first-order valence-corrected chi connectivity index (χ1v) is 4.22. The molecule has 2 N–H and O–H groups in total. The SMILES string of the molecule is O=C(O)N1CC(Cc2ccn[nH]2)C1. The predicted molar refractivity (Wildman–Crippen MR) is 45.4 cm³/mol.